The normalized spacial score (nSPS) is 29.9. The van der Waals surface area contributed by atoms with Crippen molar-refractivity contribution in [3.05, 3.63) is 28.8 Å². The molecule has 0 bridgehead atoms. The van der Waals surface area contributed by atoms with Crippen LogP contribution in [0.5, 0.6) is 17.2 Å². The van der Waals surface area contributed by atoms with E-state index >= 15 is 0 Å². The molecule has 5 rings (SSSR count). The molecule has 13 atom stereocenters. The summed E-state index contributed by atoms with van der Waals surface area (Å²) in [6.07, 6.45) is -11.7. The van der Waals surface area contributed by atoms with E-state index in [1.807, 2.05) is 6.92 Å². The number of methoxy groups -OCH3 is 2. The molecule has 4 unspecified atom stereocenters. The minimum absolute atomic E-state index is 0.000434. The third-order valence-corrected chi connectivity index (χ3v) is 11.3. The Kier molecular flexibility index (Phi) is 15.3. The number of aromatic hydroxyl groups is 2. The quantitative estimate of drug-likeness (QED) is 0.153. The number of benzene rings is 2. The highest BCUT2D eigenvalue weighted by Crippen LogP contribution is 2.47. The molecule has 17 nitrogen and oxygen atoms in total. The zero-order valence-electron chi connectivity index (χ0n) is 34.7. The van der Waals surface area contributed by atoms with Crippen LogP contribution in [0.2, 0.25) is 0 Å². The van der Waals surface area contributed by atoms with Crippen LogP contribution in [0.25, 0.3) is 10.8 Å². The number of hydrogen-bond donors (Lipinski definition) is 5. The lowest BCUT2D eigenvalue weighted by molar-refractivity contribution is -0.299. The molecule has 0 amide bonds. The van der Waals surface area contributed by atoms with Crippen molar-refractivity contribution in [3.63, 3.8) is 0 Å². The Morgan fingerprint density at radius 2 is 1.51 bits per heavy atom. The monoisotopic (exact) mass is 834 g/mol. The number of esters is 2. The summed E-state index contributed by atoms with van der Waals surface area (Å²) >= 11 is 0. The molecular formula is C42H58O17. The van der Waals surface area contributed by atoms with Gasteiger partial charge in [0.15, 0.2) is 24.0 Å². The molecule has 2 aromatic carbocycles. The second-order valence-corrected chi connectivity index (χ2v) is 15.6. The lowest BCUT2D eigenvalue weighted by Gasteiger charge is -2.42. The van der Waals surface area contributed by atoms with Crippen molar-refractivity contribution in [2.24, 2.45) is 5.92 Å². The van der Waals surface area contributed by atoms with Gasteiger partial charge in [-0.25, -0.2) is 0 Å². The van der Waals surface area contributed by atoms with E-state index in [2.05, 4.69) is 0 Å². The van der Waals surface area contributed by atoms with Gasteiger partial charge >= 0.3 is 11.9 Å². The van der Waals surface area contributed by atoms with E-state index < -0.39 is 109 Å². The lowest BCUT2D eigenvalue weighted by Crippen LogP contribution is -2.54. The van der Waals surface area contributed by atoms with Gasteiger partial charge in [0.25, 0.3) is 0 Å². The summed E-state index contributed by atoms with van der Waals surface area (Å²) in [6.45, 7) is 9.82. The van der Waals surface area contributed by atoms with Gasteiger partial charge in [-0.1, -0.05) is 13.8 Å². The maximum absolute atomic E-state index is 14.0. The summed E-state index contributed by atoms with van der Waals surface area (Å²) in [5.41, 5.74) is 0.408. The molecule has 2 fully saturated rings. The fourth-order valence-electron chi connectivity index (χ4n) is 8.10. The van der Waals surface area contributed by atoms with Crippen LogP contribution in [0.4, 0.5) is 0 Å². The smallest absolute Gasteiger partial charge is 0.306 e. The summed E-state index contributed by atoms with van der Waals surface area (Å²) in [5, 5.41) is 55.8. The molecule has 0 aromatic heterocycles. The summed E-state index contributed by atoms with van der Waals surface area (Å²) in [7, 11) is 2.51. The molecule has 1 aliphatic carbocycles. The zero-order valence-corrected chi connectivity index (χ0v) is 34.7. The van der Waals surface area contributed by atoms with Crippen LogP contribution >= 0.6 is 0 Å². The van der Waals surface area contributed by atoms with E-state index in [1.54, 1.807) is 39.8 Å². The Balaban J connectivity index is 1.39. The number of carbonyl (C=O) groups excluding carboxylic acids is 4. The van der Waals surface area contributed by atoms with Crippen molar-refractivity contribution in [2.45, 2.75) is 160 Å². The second-order valence-electron chi connectivity index (χ2n) is 15.6. The third kappa shape index (κ3) is 9.83. The number of ether oxygens (including phenoxy) is 8. The van der Waals surface area contributed by atoms with Gasteiger partial charge in [-0.3, -0.25) is 19.2 Å². The van der Waals surface area contributed by atoms with E-state index in [9.17, 15) is 44.7 Å². The predicted molar refractivity (Wildman–Crippen MR) is 207 cm³/mol. The number of aliphatic hydroxyl groups excluding tert-OH is 3. The number of phenols is 2. The van der Waals surface area contributed by atoms with Gasteiger partial charge in [0.05, 0.1) is 29.3 Å². The molecule has 0 spiro atoms. The summed E-state index contributed by atoms with van der Waals surface area (Å²) in [6, 6.07) is 3.13. The number of carbonyl (C=O) groups is 4. The fraction of sp³-hybridized carbons (Fsp3) is 0.667. The van der Waals surface area contributed by atoms with Gasteiger partial charge in [-0.05, 0) is 70.0 Å². The van der Waals surface area contributed by atoms with E-state index in [4.69, 9.17) is 37.9 Å². The Morgan fingerprint density at radius 3 is 2.14 bits per heavy atom. The van der Waals surface area contributed by atoms with Crippen molar-refractivity contribution >= 4 is 34.3 Å². The summed E-state index contributed by atoms with van der Waals surface area (Å²) in [5.74, 6) is -4.22. The zero-order chi connectivity index (χ0) is 43.5. The number of fused-ring (bicyclic) bond motifs is 2. The van der Waals surface area contributed by atoms with Crippen molar-refractivity contribution in [3.8, 4) is 17.2 Å². The second kappa shape index (κ2) is 19.6. The number of aliphatic hydroxyl groups is 3. The van der Waals surface area contributed by atoms with Crippen LogP contribution in [0.3, 0.4) is 0 Å². The van der Waals surface area contributed by atoms with Crippen LogP contribution < -0.4 is 4.74 Å². The Bertz CT molecular complexity index is 1850. The van der Waals surface area contributed by atoms with E-state index in [-0.39, 0.29) is 65.5 Å². The van der Waals surface area contributed by atoms with Gasteiger partial charge in [0.2, 0.25) is 6.29 Å². The van der Waals surface area contributed by atoms with Gasteiger partial charge < -0.3 is 63.4 Å². The fourth-order valence-corrected chi connectivity index (χ4v) is 8.10. The van der Waals surface area contributed by atoms with Crippen molar-refractivity contribution in [1.82, 2.24) is 0 Å². The van der Waals surface area contributed by atoms with Crippen LogP contribution in [0.15, 0.2) is 12.1 Å². The summed E-state index contributed by atoms with van der Waals surface area (Å²) in [4.78, 5) is 51.9. The highest BCUT2D eigenvalue weighted by atomic mass is 16.7. The molecule has 2 heterocycles. The minimum Gasteiger partial charge on any atom is -0.507 e. The van der Waals surface area contributed by atoms with E-state index in [0.29, 0.717) is 18.4 Å². The number of hydrogen-bond acceptors (Lipinski definition) is 17. The molecule has 0 radical (unpaired) electrons. The molecule has 5 N–H and O–H groups in total. The number of phenolic OH excluding ortho intramolecular Hbond substituents is 2. The van der Waals surface area contributed by atoms with Crippen LogP contribution in [0, 0.1) is 12.8 Å². The molecule has 0 saturated carbocycles. The van der Waals surface area contributed by atoms with Crippen LogP contribution in [-0.4, -0.2) is 137 Å². The van der Waals surface area contributed by atoms with E-state index in [1.165, 1.54) is 21.1 Å². The van der Waals surface area contributed by atoms with Crippen molar-refractivity contribution in [1.29, 1.82) is 0 Å². The van der Waals surface area contributed by atoms with Crippen molar-refractivity contribution < 1.29 is 82.6 Å². The molecule has 328 valence electrons. The first-order valence-corrected chi connectivity index (χ1v) is 20.2. The van der Waals surface area contributed by atoms with Gasteiger partial charge in [-0.2, -0.15) is 0 Å². The van der Waals surface area contributed by atoms with Gasteiger partial charge in [0.1, 0.15) is 53.9 Å². The maximum Gasteiger partial charge on any atom is 0.306 e. The first kappa shape index (κ1) is 46.1. The molecule has 2 saturated heterocycles. The van der Waals surface area contributed by atoms with Gasteiger partial charge in [-0.15, -0.1) is 0 Å². The Morgan fingerprint density at radius 1 is 0.898 bits per heavy atom. The summed E-state index contributed by atoms with van der Waals surface area (Å²) < 4.78 is 46.1. The largest absolute Gasteiger partial charge is 0.507 e. The standard InChI is InChI=1S/C42H58O17/c1-9-11-28(43)54-21(6)37(48)40(51)42(53-8)24-14-22-13-23-15-25(18(3)34(45)32(23)38(49)33(22)39(50)41(24)52-7)58-30-17-27(36(47)20(5)55-30)59-31-16-26(35(46)19(4)56-31)57-29(44)12-10-2/h13,15,19-21,24,26-27,30-31,35-37,41-42,45-49H,9-12,14,16-17H2,1-8H3/t19?,20?,21-,24-,26?,27?,30+,31+,35-,36-,37+,41+,42+/m1/s1. The maximum atomic E-state index is 14.0. The molecule has 2 aliphatic heterocycles. The molecular weight excluding hydrogens is 776 g/mol. The van der Waals surface area contributed by atoms with Crippen LogP contribution in [-0.2, 0) is 54.0 Å². The molecule has 3 aliphatic rings. The first-order chi connectivity index (χ1) is 27.9. The average Bonchev–Trinajstić information content (AvgIpc) is 3.17. The molecule has 2 aromatic rings. The Labute approximate surface area is 342 Å². The highest BCUT2D eigenvalue weighted by Gasteiger charge is 2.47. The molecule has 17 heteroatoms. The van der Waals surface area contributed by atoms with Crippen molar-refractivity contribution in [2.75, 3.05) is 14.2 Å². The van der Waals surface area contributed by atoms with Gasteiger partial charge in [0, 0.05) is 51.4 Å². The topological polar surface area (TPSA) is 243 Å². The number of Topliss-reactive ketones (excluding diaryl/α,β-unsaturated/α-hetero) is 2. The van der Waals surface area contributed by atoms with E-state index in [0.717, 1.165) is 0 Å². The minimum atomic E-state index is -1.77. The Hall–Kier alpha value is -3.94. The number of ketones is 2. The highest BCUT2D eigenvalue weighted by molar-refractivity contribution is 6.11. The SMILES string of the molecule is CCCC(=O)OC1C[C@H](OC2C[C@H](Oc3cc4cc5c(c(O)c4c(O)c3C)C(=O)[C@@H](OC)[C@H]([C@H](OC)C(=O)[C@@H](O)[C@@H](C)OC(=O)CCC)C5)OC(C)[C@H]2O)OC(C)[C@H]1O. The average molecular weight is 835 g/mol. The lowest BCUT2D eigenvalue weighted by atomic mass is 9.75. The van der Waals surface area contributed by atoms with Crippen LogP contribution in [0.1, 0.15) is 94.6 Å². The first-order valence-electron chi connectivity index (χ1n) is 20.2. The predicted octanol–water partition coefficient (Wildman–Crippen LogP) is 3.07. The molecule has 59 heavy (non-hydrogen) atoms. The third-order valence-electron chi connectivity index (χ3n) is 11.3. The number of rotatable bonds is 16.